The summed E-state index contributed by atoms with van der Waals surface area (Å²) >= 11 is 0. The molecule has 0 aliphatic rings. The Kier molecular flexibility index (Phi) is 3.13. The van der Waals surface area contributed by atoms with Gasteiger partial charge < -0.3 is 4.74 Å². The molecule has 0 bridgehead atoms. The number of rotatable bonds is 3. The van der Waals surface area contributed by atoms with E-state index in [0.29, 0.717) is 17.2 Å². The summed E-state index contributed by atoms with van der Waals surface area (Å²) < 4.78 is 5.50. The second-order valence-electron chi connectivity index (χ2n) is 4.13. The van der Waals surface area contributed by atoms with Gasteiger partial charge in [0.05, 0.1) is 11.6 Å². The summed E-state index contributed by atoms with van der Waals surface area (Å²) in [5.74, 6) is 1.10. The van der Waals surface area contributed by atoms with Gasteiger partial charge in [0.25, 0.3) is 5.88 Å². The van der Waals surface area contributed by atoms with Gasteiger partial charge in [0.1, 0.15) is 11.9 Å². The van der Waals surface area contributed by atoms with Crippen molar-refractivity contribution in [1.82, 2.24) is 15.4 Å². The molecule has 3 aromatic rings. The molecule has 1 N–H and O–H groups in total. The molecule has 0 aliphatic carbocycles. The van der Waals surface area contributed by atoms with Crippen molar-refractivity contribution in [3.63, 3.8) is 0 Å². The Morgan fingerprint density at radius 2 is 1.90 bits per heavy atom. The Labute approximate surface area is 115 Å². The van der Waals surface area contributed by atoms with Crippen molar-refractivity contribution in [2.45, 2.75) is 0 Å². The number of nitrogens with zero attached hydrogens (tertiary/aromatic N) is 3. The molecule has 0 atom stereocenters. The van der Waals surface area contributed by atoms with Gasteiger partial charge in [-0.3, -0.25) is 0 Å². The molecular weight excluding hydrogens is 252 g/mol. The number of hydrogen-bond donors (Lipinski definition) is 1. The van der Waals surface area contributed by atoms with E-state index in [0.717, 1.165) is 11.1 Å². The zero-order valence-electron chi connectivity index (χ0n) is 10.4. The molecule has 0 spiro atoms. The van der Waals surface area contributed by atoms with Crippen molar-refractivity contribution in [3.8, 4) is 28.8 Å². The van der Waals surface area contributed by atoms with Gasteiger partial charge >= 0.3 is 0 Å². The first-order valence-corrected chi connectivity index (χ1v) is 5.99. The quantitative estimate of drug-likeness (QED) is 0.786. The summed E-state index contributed by atoms with van der Waals surface area (Å²) in [6.45, 7) is 0. The van der Waals surface area contributed by atoms with Crippen LogP contribution in [0.3, 0.4) is 0 Å². The average molecular weight is 262 g/mol. The maximum absolute atomic E-state index is 8.91. The lowest BCUT2D eigenvalue weighted by Crippen LogP contribution is -1.85. The van der Waals surface area contributed by atoms with Crippen LogP contribution in [0.4, 0.5) is 0 Å². The highest BCUT2D eigenvalue weighted by molar-refractivity contribution is 5.65. The summed E-state index contributed by atoms with van der Waals surface area (Å²) in [7, 11) is 0. The van der Waals surface area contributed by atoms with Crippen LogP contribution in [-0.2, 0) is 0 Å². The second-order valence-corrected chi connectivity index (χ2v) is 4.13. The summed E-state index contributed by atoms with van der Waals surface area (Å²) in [6.07, 6.45) is 1.50. The van der Waals surface area contributed by atoms with Crippen LogP contribution in [0.1, 0.15) is 5.56 Å². The highest BCUT2D eigenvalue weighted by Crippen LogP contribution is 2.25. The van der Waals surface area contributed by atoms with Gasteiger partial charge in [0.2, 0.25) is 0 Å². The fourth-order valence-corrected chi connectivity index (χ4v) is 1.84. The van der Waals surface area contributed by atoms with Gasteiger partial charge in [-0.2, -0.15) is 15.6 Å². The van der Waals surface area contributed by atoms with Crippen molar-refractivity contribution in [2.24, 2.45) is 0 Å². The highest BCUT2D eigenvalue weighted by atomic mass is 16.5. The molecule has 0 unspecified atom stereocenters. The van der Waals surface area contributed by atoms with E-state index >= 15 is 0 Å². The largest absolute Gasteiger partial charge is 0.436 e. The second kappa shape index (κ2) is 5.24. The fourth-order valence-electron chi connectivity index (χ4n) is 1.84. The molecule has 0 radical (unpaired) electrons. The van der Waals surface area contributed by atoms with Crippen molar-refractivity contribution in [2.75, 3.05) is 0 Å². The van der Waals surface area contributed by atoms with E-state index in [1.54, 1.807) is 6.07 Å². The van der Waals surface area contributed by atoms with E-state index in [2.05, 4.69) is 21.5 Å². The van der Waals surface area contributed by atoms with E-state index in [4.69, 9.17) is 10.00 Å². The minimum atomic E-state index is 0.421. The van der Waals surface area contributed by atoms with E-state index in [9.17, 15) is 0 Å². The van der Waals surface area contributed by atoms with Gasteiger partial charge in [-0.05, 0) is 35.4 Å². The van der Waals surface area contributed by atoms with E-state index in [1.807, 2.05) is 42.5 Å². The van der Waals surface area contributed by atoms with Crippen LogP contribution in [0.25, 0.3) is 11.1 Å². The molecule has 0 aliphatic heterocycles. The molecule has 5 nitrogen and oxygen atoms in total. The minimum absolute atomic E-state index is 0.421. The van der Waals surface area contributed by atoms with Gasteiger partial charge in [-0.1, -0.05) is 24.3 Å². The van der Waals surface area contributed by atoms with E-state index in [-0.39, 0.29) is 0 Å². The molecule has 1 aromatic heterocycles. The van der Waals surface area contributed by atoms with Crippen molar-refractivity contribution in [3.05, 3.63) is 60.3 Å². The number of hydrogen-bond acceptors (Lipinski definition) is 4. The van der Waals surface area contributed by atoms with Crippen LogP contribution in [0.2, 0.25) is 0 Å². The van der Waals surface area contributed by atoms with E-state index < -0.39 is 0 Å². The highest BCUT2D eigenvalue weighted by Gasteiger charge is 2.02. The third-order valence-corrected chi connectivity index (χ3v) is 2.79. The number of nitriles is 1. The first kappa shape index (κ1) is 11.9. The molecule has 20 heavy (non-hydrogen) atoms. The van der Waals surface area contributed by atoms with Crippen LogP contribution in [0, 0.1) is 11.3 Å². The molecule has 96 valence electrons. The molecule has 5 heteroatoms. The number of aromatic amines is 1. The topological polar surface area (TPSA) is 74.6 Å². The summed E-state index contributed by atoms with van der Waals surface area (Å²) in [5.41, 5.74) is 2.66. The van der Waals surface area contributed by atoms with Crippen molar-refractivity contribution >= 4 is 0 Å². The smallest absolute Gasteiger partial charge is 0.258 e. The number of H-pyrrole nitrogens is 1. The van der Waals surface area contributed by atoms with Crippen LogP contribution in [0.5, 0.6) is 11.6 Å². The zero-order valence-corrected chi connectivity index (χ0v) is 10.4. The Morgan fingerprint density at radius 3 is 2.60 bits per heavy atom. The third kappa shape index (κ3) is 2.49. The molecule has 2 aromatic carbocycles. The van der Waals surface area contributed by atoms with Crippen LogP contribution in [-0.4, -0.2) is 15.4 Å². The lowest BCUT2D eigenvalue weighted by Gasteiger charge is -2.04. The SMILES string of the molecule is N#Cc1cccc(-c2ccc(Oc3cn[nH]n3)cc2)c1. The maximum Gasteiger partial charge on any atom is 0.258 e. The molecule has 0 saturated heterocycles. The minimum Gasteiger partial charge on any atom is -0.436 e. The molecule has 0 fully saturated rings. The molecule has 0 amide bonds. The summed E-state index contributed by atoms with van der Waals surface area (Å²) in [4.78, 5) is 0. The van der Waals surface area contributed by atoms with Crippen molar-refractivity contribution in [1.29, 1.82) is 5.26 Å². The molecular formula is C15H10N4O. The number of aromatic nitrogens is 3. The Bertz CT molecular complexity index is 742. The Balaban J connectivity index is 1.84. The van der Waals surface area contributed by atoms with E-state index in [1.165, 1.54) is 6.20 Å². The number of ether oxygens (including phenoxy) is 1. The standard InChI is InChI=1S/C15H10N4O/c16-9-11-2-1-3-13(8-11)12-4-6-14(7-5-12)20-15-10-17-19-18-15/h1-8,10H,(H,17,18,19). The van der Waals surface area contributed by atoms with Crippen LogP contribution in [0.15, 0.2) is 54.7 Å². The lowest BCUT2D eigenvalue weighted by molar-refractivity contribution is 0.461. The number of benzene rings is 2. The van der Waals surface area contributed by atoms with Gasteiger partial charge in [-0.15, -0.1) is 5.10 Å². The normalized spacial score (nSPS) is 9.95. The monoisotopic (exact) mass is 262 g/mol. The first-order valence-electron chi connectivity index (χ1n) is 5.99. The third-order valence-electron chi connectivity index (χ3n) is 2.79. The Hall–Kier alpha value is -3.13. The zero-order chi connectivity index (χ0) is 13.8. The average Bonchev–Trinajstić information content (AvgIpc) is 3.01. The Morgan fingerprint density at radius 1 is 1.05 bits per heavy atom. The lowest BCUT2D eigenvalue weighted by atomic mass is 10.0. The summed E-state index contributed by atoms with van der Waals surface area (Å²) in [6, 6.07) is 17.2. The maximum atomic E-state index is 8.91. The van der Waals surface area contributed by atoms with Crippen LogP contribution >= 0.6 is 0 Å². The number of nitrogens with one attached hydrogen (secondary N) is 1. The molecule has 3 rings (SSSR count). The fraction of sp³-hybridized carbons (Fsp3) is 0. The predicted octanol–water partition coefficient (Wildman–Crippen LogP) is 3.14. The van der Waals surface area contributed by atoms with Crippen molar-refractivity contribution < 1.29 is 4.74 Å². The first-order chi connectivity index (χ1) is 9.85. The van der Waals surface area contributed by atoms with Crippen LogP contribution < -0.4 is 4.74 Å². The molecule has 1 heterocycles. The predicted molar refractivity (Wildman–Crippen MR) is 73.0 cm³/mol. The van der Waals surface area contributed by atoms with Gasteiger partial charge in [0, 0.05) is 0 Å². The molecule has 0 saturated carbocycles. The van der Waals surface area contributed by atoms with Gasteiger partial charge in [-0.25, -0.2) is 0 Å². The van der Waals surface area contributed by atoms with Gasteiger partial charge in [0.15, 0.2) is 0 Å². The summed E-state index contributed by atoms with van der Waals surface area (Å²) in [5, 5.41) is 18.9.